The number of fused-ring (bicyclic) bond motifs is 4. The minimum atomic E-state index is -0.959. The fourth-order valence-corrected chi connectivity index (χ4v) is 8.61. The number of nitrogens with one attached hydrogen (secondary N) is 2. The van der Waals surface area contributed by atoms with Crippen LogP contribution < -0.4 is 22.1 Å². The van der Waals surface area contributed by atoms with Gasteiger partial charge in [-0.15, -0.1) is 0 Å². The van der Waals surface area contributed by atoms with Gasteiger partial charge in [-0.1, -0.05) is 21.6 Å². The van der Waals surface area contributed by atoms with Crippen molar-refractivity contribution in [3.05, 3.63) is 22.5 Å². The molecule has 12 heteroatoms. The van der Waals surface area contributed by atoms with E-state index < -0.39 is 17.7 Å². The highest BCUT2D eigenvalue weighted by Gasteiger charge is 2.72. The van der Waals surface area contributed by atoms with Crippen molar-refractivity contribution in [1.82, 2.24) is 15.5 Å². The summed E-state index contributed by atoms with van der Waals surface area (Å²) in [4.78, 5) is 40.6. The normalized spacial score (nSPS) is 37.2. The summed E-state index contributed by atoms with van der Waals surface area (Å²) in [7, 11) is 5.13. The second-order valence-electron chi connectivity index (χ2n) is 9.05. The number of piperazine rings is 1. The summed E-state index contributed by atoms with van der Waals surface area (Å²) < 4.78 is 11.1. The summed E-state index contributed by atoms with van der Waals surface area (Å²) in [5, 5.41) is 7.41. The Hall–Kier alpha value is -1.73. The van der Waals surface area contributed by atoms with E-state index in [1.807, 2.05) is 4.90 Å². The molecule has 0 aromatic rings. The Bertz CT molecular complexity index is 963. The molecule has 10 nitrogen and oxygen atoms in total. The number of primary amides is 1. The van der Waals surface area contributed by atoms with Crippen LogP contribution in [0.2, 0.25) is 0 Å². The van der Waals surface area contributed by atoms with E-state index in [-0.39, 0.29) is 30.3 Å². The SMILES string of the molecule is CO[C@@]12[C@H](COC(N)=O)C3=C(C(=O)C(C)=C(NCC4CCC(CN)SS4)C3=O)N1C[C@@H]1N[C@@H]12. The summed E-state index contributed by atoms with van der Waals surface area (Å²) in [6.07, 6.45) is 1.11. The van der Waals surface area contributed by atoms with Gasteiger partial charge in [0.05, 0.1) is 23.4 Å². The highest BCUT2D eigenvalue weighted by Crippen LogP contribution is 2.55. The molecule has 6 atom stereocenters. The molecule has 0 bridgehead atoms. The minimum absolute atomic E-state index is 0.0574. The number of carbonyl (C=O) groups excluding carboxylic acids is 3. The highest BCUT2D eigenvalue weighted by atomic mass is 33.1. The molecule has 5 aliphatic rings. The standard InChI is InChI=1S/C21H29N5O5S2/c1-9-15(24-6-11-4-3-10(5-22)32-33-11)18(28)14-12(8-31-20(23)29)21(30-2)19-13(25-19)7-26(21)16(14)17(9)27/h10-13,19,24-25H,3-8,22H2,1-2H3,(H2,23,29)/t10?,11?,12-,13+,19+,21-/m1/s1. The molecular weight excluding hydrogens is 466 g/mol. The van der Waals surface area contributed by atoms with E-state index in [4.69, 9.17) is 20.9 Å². The van der Waals surface area contributed by atoms with Crippen LogP contribution in [0.3, 0.4) is 0 Å². The van der Waals surface area contributed by atoms with E-state index in [0.717, 1.165) is 12.8 Å². The molecule has 0 saturated carbocycles. The van der Waals surface area contributed by atoms with Crippen molar-refractivity contribution in [2.24, 2.45) is 17.4 Å². The molecule has 2 unspecified atom stereocenters. The number of hydrogen-bond acceptors (Lipinski definition) is 11. The van der Waals surface area contributed by atoms with Gasteiger partial charge in [-0.2, -0.15) is 0 Å². The van der Waals surface area contributed by atoms with E-state index in [0.29, 0.717) is 52.7 Å². The zero-order valence-electron chi connectivity index (χ0n) is 18.6. The predicted molar refractivity (Wildman–Crippen MR) is 125 cm³/mol. The molecule has 33 heavy (non-hydrogen) atoms. The lowest BCUT2D eigenvalue weighted by atomic mass is 9.82. The van der Waals surface area contributed by atoms with Crippen LogP contribution in [0, 0.1) is 5.92 Å². The maximum absolute atomic E-state index is 13.8. The molecule has 4 aliphatic heterocycles. The van der Waals surface area contributed by atoms with Crippen LogP contribution in [0.25, 0.3) is 0 Å². The number of ketones is 2. The van der Waals surface area contributed by atoms with Crippen molar-refractivity contribution in [2.45, 2.75) is 48.1 Å². The van der Waals surface area contributed by atoms with Crippen molar-refractivity contribution < 1.29 is 23.9 Å². The second kappa shape index (κ2) is 8.49. The highest BCUT2D eigenvalue weighted by molar-refractivity contribution is 8.77. The lowest BCUT2D eigenvalue weighted by Gasteiger charge is -2.39. The lowest BCUT2D eigenvalue weighted by Crippen LogP contribution is -2.55. The van der Waals surface area contributed by atoms with Crippen molar-refractivity contribution in [3.63, 3.8) is 0 Å². The fourth-order valence-electron chi connectivity index (χ4n) is 5.64. The molecule has 3 fully saturated rings. The molecule has 180 valence electrons. The number of methoxy groups -OCH3 is 1. The largest absolute Gasteiger partial charge is 0.449 e. The van der Waals surface area contributed by atoms with Crippen LogP contribution in [0.15, 0.2) is 22.5 Å². The van der Waals surface area contributed by atoms with Gasteiger partial charge in [-0.3, -0.25) is 9.59 Å². The zero-order valence-corrected chi connectivity index (χ0v) is 20.2. The first-order valence-electron chi connectivity index (χ1n) is 11.1. The van der Waals surface area contributed by atoms with Gasteiger partial charge in [-0.05, 0) is 19.8 Å². The molecule has 1 aliphatic carbocycles. The van der Waals surface area contributed by atoms with E-state index in [9.17, 15) is 14.4 Å². The van der Waals surface area contributed by atoms with Crippen molar-refractivity contribution in [1.29, 1.82) is 0 Å². The fraction of sp³-hybridized carbons (Fsp3) is 0.667. The Kier molecular flexibility index (Phi) is 5.93. The molecule has 5 rings (SSSR count). The Balaban J connectivity index is 1.41. The topological polar surface area (TPSA) is 159 Å². The lowest BCUT2D eigenvalue weighted by molar-refractivity contribution is -0.137. The predicted octanol–water partition coefficient (Wildman–Crippen LogP) is -0.149. The van der Waals surface area contributed by atoms with E-state index in [1.54, 1.807) is 35.6 Å². The number of nitrogens with zero attached hydrogens (tertiary/aromatic N) is 1. The van der Waals surface area contributed by atoms with Gasteiger partial charge in [-0.25, -0.2) is 4.79 Å². The van der Waals surface area contributed by atoms with E-state index in [1.165, 1.54) is 0 Å². The van der Waals surface area contributed by atoms with Gasteiger partial charge >= 0.3 is 6.09 Å². The molecule has 0 aromatic heterocycles. The summed E-state index contributed by atoms with van der Waals surface area (Å²) >= 11 is 0. The van der Waals surface area contributed by atoms with Crippen molar-refractivity contribution >= 4 is 39.2 Å². The van der Waals surface area contributed by atoms with Crippen LogP contribution in [-0.2, 0) is 19.1 Å². The maximum Gasteiger partial charge on any atom is 0.404 e. The van der Waals surface area contributed by atoms with Gasteiger partial charge in [0.15, 0.2) is 5.72 Å². The second-order valence-corrected chi connectivity index (χ2v) is 11.9. The first-order chi connectivity index (χ1) is 15.8. The Morgan fingerprint density at radius 1 is 1.27 bits per heavy atom. The smallest absolute Gasteiger partial charge is 0.404 e. The number of amides is 1. The molecule has 3 saturated heterocycles. The number of hydrogen-bond donors (Lipinski definition) is 4. The Morgan fingerprint density at radius 3 is 2.64 bits per heavy atom. The van der Waals surface area contributed by atoms with Gasteiger partial charge in [0.2, 0.25) is 11.6 Å². The van der Waals surface area contributed by atoms with Crippen LogP contribution in [0.1, 0.15) is 19.8 Å². The molecule has 4 heterocycles. The number of rotatable bonds is 7. The summed E-state index contributed by atoms with van der Waals surface area (Å²) in [5.41, 5.74) is 11.5. The van der Waals surface area contributed by atoms with E-state index >= 15 is 0 Å². The van der Waals surface area contributed by atoms with Gasteiger partial charge in [0.25, 0.3) is 0 Å². The molecule has 1 amide bonds. The summed E-state index contributed by atoms with van der Waals surface area (Å²) in [5.74, 6) is -1.05. The third-order valence-electron chi connectivity index (χ3n) is 7.34. The number of allylic oxidation sites excluding steroid dienone is 2. The third kappa shape index (κ3) is 3.49. The van der Waals surface area contributed by atoms with Crippen LogP contribution in [0.5, 0.6) is 0 Å². The number of nitrogens with two attached hydrogens (primary N) is 2. The molecular formula is C21H29N5O5S2. The van der Waals surface area contributed by atoms with Gasteiger partial charge in [0, 0.05) is 54.4 Å². The first kappa shape index (κ1) is 23.0. The van der Waals surface area contributed by atoms with Gasteiger partial charge in [0.1, 0.15) is 6.61 Å². The number of Topliss-reactive ketones (excluding diaryl/α,β-unsaturated/α-hetero) is 2. The van der Waals surface area contributed by atoms with Crippen molar-refractivity contribution in [2.75, 3.05) is 33.4 Å². The number of carbonyl (C=O) groups is 3. The summed E-state index contributed by atoms with van der Waals surface area (Å²) in [6, 6.07) is 0.109. The van der Waals surface area contributed by atoms with Crippen LogP contribution >= 0.6 is 21.6 Å². The average molecular weight is 496 g/mol. The maximum atomic E-state index is 13.8. The molecule has 0 aromatic carbocycles. The zero-order chi connectivity index (χ0) is 23.5. The minimum Gasteiger partial charge on any atom is -0.449 e. The Morgan fingerprint density at radius 2 is 2.00 bits per heavy atom. The van der Waals surface area contributed by atoms with Crippen molar-refractivity contribution in [3.8, 4) is 0 Å². The summed E-state index contributed by atoms with van der Waals surface area (Å²) in [6.45, 7) is 3.35. The van der Waals surface area contributed by atoms with Crippen LogP contribution in [-0.4, -0.2) is 84.2 Å². The Labute approximate surface area is 200 Å². The third-order valence-corrected chi connectivity index (χ3v) is 10.8. The monoisotopic (exact) mass is 495 g/mol. The van der Waals surface area contributed by atoms with Gasteiger partial charge < -0.3 is 36.5 Å². The first-order valence-corrected chi connectivity index (χ1v) is 13.4. The van der Waals surface area contributed by atoms with E-state index in [2.05, 4.69) is 10.6 Å². The quantitative estimate of drug-likeness (QED) is 0.211. The average Bonchev–Trinajstić information content (AvgIpc) is 3.42. The molecule has 0 radical (unpaired) electrons. The number of ether oxygens (including phenoxy) is 2. The van der Waals surface area contributed by atoms with Crippen LogP contribution in [0.4, 0.5) is 4.79 Å². The molecule has 0 spiro atoms. The molecule has 6 N–H and O–H groups in total.